The summed E-state index contributed by atoms with van der Waals surface area (Å²) in [7, 11) is -8.86. The van der Waals surface area contributed by atoms with Gasteiger partial charge in [0.2, 0.25) is 0 Å². The highest BCUT2D eigenvalue weighted by molar-refractivity contribution is 7.86. The van der Waals surface area contributed by atoms with Crippen LogP contribution in [0.5, 0.6) is 11.5 Å². The van der Waals surface area contributed by atoms with Crippen molar-refractivity contribution in [2.45, 2.75) is 74.5 Å². The molecule has 0 amide bonds. The highest BCUT2D eigenvalue weighted by Crippen LogP contribution is 2.31. The molecule has 0 aromatic heterocycles. The molecule has 0 unspecified atom stereocenters. The molecule has 31 heavy (non-hydrogen) atoms. The first kappa shape index (κ1) is 25.3. The summed E-state index contributed by atoms with van der Waals surface area (Å²) in [6.45, 7) is 2.19. The zero-order valence-corrected chi connectivity index (χ0v) is 19.3. The molecule has 0 saturated heterocycles. The lowest BCUT2D eigenvalue weighted by Crippen LogP contribution is -2.03. The minimum Gasteiger partial charge on any atom is -0.456 e. The van der Waals surface area contributed by atoms with E-state index in [1.54, 1.807) is 6.07 Å². The molecular formula is C22H30O7S2. The standard InChI is InChI=1S/C22H30O7S2/c1-2-3-4-5-6-7-8-9-10-18-11-16-21(22(17-18)31(26,27)28)29-19-12-14-20(15-13-19)30(23,24)25/h11-17H,2-10H2,1H3,(H,23,24,25)(H,26,27,28). The second-order valence-electron chi connectivity index (χ2n) is 7.53. The van der Waals surface area contributed by atoms with Crippen molar-refractivity contribution < 1.29 is 30.7 Å². The first-order valence-corrected chi connectivity index (χ1v) is 13.3. The topological polar surface area (TPSA) is 118 Å². The SMILES string of the molecule is CCCCCCCCCCc1ccc(Oc2ccc(S(=O)(=O)O)cc2)c(S(=O)(=O)O)c1. The monoisotopic (exact) mass is 470 g/mol. The second kappa shape index (κ2) is 11.6. The third-order valence-electron chi connectivity index (χ3n) is 4.95. The predicted octanol–water partition coefficient (Wildman–Crippen LogP) is 5.66. The number of rotatable bonds is 13. The van der Waals surface area contributed by atoms with E-state index < -0.39 is 20.2 Å². The van der Waals surface area contributed by atoms with Crippen LogP contribution in [0.25, 0.3) is 0 Å². The van der Waals surface area contributed by atoms with Crippen molar-refractivity contribution >= 4 is 20.2 Å². The van der Waals surface area contributed by atoms with Crippen LogP contribution >= 0.6 is 0 Å². The summed E-state index contributed by atoms with van der Waals surface area (Å²) in [6.07, 6.45) is 10.1. The molecule has 0 aliphatic rings. The fraction of sp³-hybridized carbons (Fsp3) is 0.455. The number of hydrogen-bond acceptors (Lipinski definition) is 5. The van der Waals surface area contributed by atoms with Crippen molar-refractivity contribution in [3.63, 3.8) is 0 Å². The Balaban J connectivity index is 2.02. The maximum absolute atomic E-state index is 11.8. The maximum Gasteiger partial charge on any atom is 0.298 e. The van der Waals surface area contributed by atoms with Crippen LogP contribution in [0.15, 0.2) is 52.3 Å². The van der Waals surface area contributed by atoms with Gasteiger partial charge in [-0.05, 0) is 54.8 Å². The van der Waals surface area contributed by atoms with E-state index in [0.717, 1.165) is 37.0 Å². The first-order chi connectivity index (χ1) is 14.6. The van der Waals surface area contributed by atoms with Gasteiger partial charge in [-0.2, -0.15) is 16.8 Å². The summed E-state index contributed by atoms with van der Waals surface area (Å²) in [5.41, 5.74) is 0.785. The Morgan fingerprint density at radius 2 is 1.32 bits per heavy atom. The van der Waals surface area contributed by atoms with Crippen LogP contribution in [-0.2, 0) is 26.7 Å². The Morgan fingerprint density at radius 3 is 1.87 bits per heavy atom. The highest BCUT2D eigenvalue weighted by Gasteiger charge is 2.19. The smallest absolute Gasteiger partial charge is 0.298 e. The molecule has 0 radical (unpaired) electrons. The zero-order valence-electron chi connectivity index (χ0n) is 17.7. The average Bonchev–Trinajstić information content (AvgIpc) is 2.70. The van der Waals surface area contributed by atoms with Crippen molar-refractivity contribution in [2.24, 2.45) is 0 Å². The van der Waals surface area contributed by atoms with E-state index in [1.165, 1.54) is 56.4 Å². The van der Waals surface area contributed by atoms with E-state index in [4.69, 9.17) is 9.29 Å². The quantitative estimate of drug-likeness (QED) is 0.287. The summed E-state index contributed by atoms with van der Waals surface area (Å²) < 4.78 is 70.1. The van der Waals surface area contributed by atoms with Crippen LogP contribution in [0.4, 0.5) is 0 Å². The van der Waals surface area contributed by atoms with Crippen LogP contribution in [0.2, 0.25) is 0 Å². The van der Waals surface area contributed by atoms with Gasteiger partial charge in [0.25, 0.3) is 20.2 Å². The van der Waals surface area contributed by atoms with E-state index in [9.17, 15) is 21.4 Å². The Kier molecular flexibility index (Phi) is 9.49. The van der Waals surface area contributed by atoms with Gasteiger partial charge in [0.1, 0.15) is 16.4 Å². The number of unbranched alkanes of at least 4 members (excludes halogenated alkanes) is 7. The molecule has 0 heterocycles. The Hall–Kier alpha value is -1.94. The van der Waals surface area contributed by atoms with Gasteiger partial charge in [-0.25, -0.2) is 0 Å². The minimum atomic E-state index is -4.52. The molecule has 2 N–H and O–H groups in total. The molecule has 0 bridgehead atoms. The van der Waals surface area contributed by atoms with Gasteiger partial charge in [0, 0.05) is 0 Å². The number of hydrogen-bond donors (Lipinski definition) is 2. The molecule has 0 aliphatic carbocycles. The Labute approximate surface area is 185 Å². The number of ether oxygens (including phenoxy) is 1. The summed E-state index contributed by atoms with van der Waals surface area (Å²) in [4.78, 5) is -0.654. The number of benzene rings is 2. The lowest BCUT2D eigenvalue weighted by atomic mass is 10.0. The normalized spacial score (nSPS) is 12.1. The first-order valence-electron chi connectivity index (χ1n) is 10.5. The number of aryl methyl sites for hydroxylation is 1. The van der Waals surface area contributed by atoms with Gasteiger partial charge < -0.3 is 4.74 Å². The third-order valence-corrected chi connectivity index (χ3v) is 6.70. The van der Waals surface area contributed by atoms with Crippen LogP contribution < -0.4 is 4.74 Å². The van der Waals surface area contributed by atoms with Gasteiger partial charge in [-0.3, -0.25) is 9.11 Å². The fourth-order valence-corrected chi connectivity index (χ4v) is 4.41. The van der Waals surface area contributed by atoms with Crippen molar-refractivity contribution in [3.05, 3.63) is 48.0 Å². The van der Waals surface area contributed by atoms with Crippen LogP contribution in [0.1, 0.15) is 63.9 Å². The molecule has 0 atom stereocenters. The molecule has 9 heteroatoms. The van der Waals surface area contributed by atoms with Crippen LogP contribution in [0, 0.1) is 0 Å². The lowest BCUT2D eigenvalue weighted by molar-refractivity contribution is 0.449. The van der Waals surface area contributed by atoms with Gasteiger partial charge in [-0.15, -0.1) is 0 Å². The third kappa shape index (κ3) is 8.60. The van der Waals surface area contributed by atoms with E-state index in [0.29, 0.717) is 6.42 Å². The summed E-state index contributed by atoms with van der Waals surface area (Å²) in [6, 6.07) is 9.45. The summed E-state index contributed by atoms with van der Waals surface area (Å²) in [5.74, 6) is 0.0925. The van der Waals surface area contributed by atoms with E-state index in [2.05, 4.69) is 6.92 Å². The van der Waals surface area contributed by atoms with Gasteiger partial charge >= 0.3 is 0 Å². The molecule has 0 aliphatic heterocycles. The van der Waals surface area contributed by atoms with Crippen molar-refractivity contribution in [1.82, 2.24) is 0 Å². The lowest BCUT2D eigenvalue weighted by Gasteiger charge is -2.12. The Bertz CT molecular complexity index is 1040. The van der Waals surface area contributed by atoms with Gasteiger partial charge in [0.15, 0.2) is 0 Å². The second-order valence-corrected chi connectivity index (χ2v) is 10.3. The van der Waals surface area contributed by atoms with Crippen LogP contribution in [-0.4, -0.2) is 25.9 Å². The fourth-order valence-electron chi connectivity index (χ4n) is 3.26. The van der Waals surface area contributed by atoms with E-state index in [1.807, 2.05) is 0 Å². The molecule has 2 rings (SSSR count). The summed E-state index contributed by atoms with van der Waals surface area (Å²) >= 11 is 0. The minimum absolute atomic E-state index is 0.0678. The van der Waals surface area contributed by atoms with Gasteiger partial charge in [-0.1, -0.05) is 57.9 Å². The molecule has 172 valence electrons. The largest absolute Gasteiger partial charge is 0.456 e. The molecule has 0 saturated carbocycles. The maximum atomic E-state index is 11.8. The van der Waals surface area contributed by atoms with Gasteiger partial charge in [0.05, 0.1) is 4.90 Å². The highest BCUT2D eigenvalue weighted by atomic mass is 32.2. The molecule has 0 fully saturated rings. The molecular weight excluding hydrogens is 440 g/mol. The average molecular weight is 471 g/mol. The zero-order chi connectivity index (χ0) is 22.9. The van der Waals surface area contributed by atoms with Crippen molar-refractivity contribution in [1.29, 1.82) is 0 Å². The molecule has 7 nitrogen and oxygen atoms in total. The van der Waals surface area contributed by atoms with E-state index in [-0.39, 0.29) is 21.3 Å². The molecule has 0 spiro atoms. The van der Waals surface area contributed by atoms with Crippen molar-refractivity contribution in [3.8, 4) is 11.5 Å². The predicted molar refractivity (Wildman–Crippen MR) is 119 cm³/mol. The molecule has 2 aromatic rings. The molecule has 2 aromatic carbocycles. The Morgan fingerprint density at radius 1 is 0.742 bits per heavy atom. The van der Waals surface area contributed by atoms with Crippen LogP contribution in [0.3, 0.4) is 0 Å². The summed E-state index contributed by atoms with van der Waals surface area (Å²) in [5, 5.41) is 0. The van der Waals surface area contributed by atoms with Crippen molar-refractivity contribution in [2.75, 3.05) is 0 Å². The van der Waals surface area contributed by atoms with E-state index >= 15 is 0 Å².